The van der Waals surface area contributed by atoms with Crippen molar-refractivity contribution in [2.75, 3.05) is 26.2 Å². The number of amides is 1. The smallest absolute Gasteiger partial charge is 0.253 e. The molecule has 114 valence electrons. The molecule has 0 radical (unpaired) electrons. The summed E-state index contributed by atoms with van der Waals surface area (Å²) in [4.78, 5) is 17.0. The van der Waals surface area contributed by atoms with E-state index in [2.05, 4.69) is 27.5 Å². The third kappa shape index (κ3) is 4.06. The van der Waals surface area contributed by atoms with Crippen molar-refractivity contribution in [3.63, 3.8) is 0 Å². The van der Waals surface area contributed by atoms with Crippen molar-refractivity contribution in [2.24, 2.45) is 5.73 Å². The van der Waals surface area contributed by atoms with Crippen molar-refractivity contribution in [2.45, 2.75) is 13.0 Å². The molecule has 0 spiro atoms. The van der Waals surface area contributed by atoms with Crippen LogP contribution in [0.3, 0.4) is 0 Å². The Morgan fingerprint density at radius 1 is 1.38 bits per heavy atom. The molecule has 1 aromatic carbocycles. The van der Waals surface area contributed by atoms with Gasteiger partial charge in [0.25, 0.3) is 5.91 Å². The van der Waals surface area contributed by atoms with Crippen LogP contribution in [0.15, 0.2) is 18.2 Å². The molecular weight excluding hydrogens is 421 g/mol. The molecule has 0 aromatic heterocycles. The highest BCUT2D eigenvalue weighted by Gasteiger charge is 2.25. The van der Waals surface area contributed by atoms with Crippen LogP contribution in [0.2, 0.25) is 5.02 Å². The number of hydrogen-bond acceptors (Lipinski definition) is 3. The first-order valence-electron chi connectivity index (χ1n) is 6.68. The van der Waals surface area contributed by atoms with Crippen LogP contribution in [0.4, 0.5) is 0 Å². The zero-order valence-corrected chi connectivity index (χ0v) is 15.4. The van der Waals surface area contributed by atoms with Crippen molar-refractivity contribution < 1.29 is 4.79 Å². The normalized spacial score (nSPS) is 17.6. The molecule has 1 amide bonds. The third-order valence-electron chi connectivity index (χ3n) is 3.73. The summed E-state index contributed by atoms with van der Waals surface area (Å²) in [5.41, 5.74) is 6.31. The number of halogens is 2. The number of carbonyl (C=O) groups is 1. The molecule has 1 saturated heterocycles. The molecule has 0 saturated carbocycles. The summed E-state index contributed by atoms with van der Waals surface area (Å²) >= 11 is 13.3. The maximum atomic E-state index is 12.5. The van der Waals surface area contributed by atoms with Gasteiger partial charge < -0.3 is 10.6 Å². The zero-order valence-electron chi connectivity index (χ0n) is 11.7. The fourth-order valence-electron chi connectivity index (χ4n) is 2.30. The minimum atomic E-state index is 0.0240. The molecule has 1 aliphatic heterocycles. The summed E-state index contributed by atoms with van der Waals surface area (Å²) in [7, 11) is 0. The SMILES string of the molecule is CC(C(N)=S)N1CCN(C(=O)c2ccc(I)c(Cl)c2)CC1. The van der Waals surface area contributed by atoms with Gasteiger partial charge in [-0.15, -0.1) is 0 Å². The summed E-state index contributed by atoms with van der Waals surface area (Å²) in [6.07, 6.45) is 0. The molecule has 4 nitrogen and oxygen atoms in total. The van der Waals surface area contributed by atoms with Gasteiger partial charge in [-0.25, -0.2) is 0 Å². The Bertz CT molecular complexity index is 561. The van der Waals surface area contributed by atoms with Crippen LogP contribution in [0, 0.1) is 3.57 Å². The van der Waals surface area contributed by atoms with Gasteiger partial charge in [-0.05, 0) is 47.7 Å². The van der Waals surface area contributed by atoms with Crippen molar-refractivity contribution in [3.05, 3.63) is 32.4 Å². The van der Waals surface area contributed by atoms with Crippen LogP contribution in [0.25, 0.3) is 0 Å². The first-order valence-corrected chi connectivity index (χ1v) is 8.54. The average molecular weight is 438 g/mol. The van der Waals surface area contributed by atoms with Crippen LogP contribution in [0.5, 0.6) is 0 Å². The van der Waals surface area contributed by atoms with Crippen LogP contribution in [0.1, 0.15) is 17.3 Å². The van der Waals surface area contributed by atoms with E-state index in [1.165, 1.54) is 0 Å². The van der Waals surface area contributed by atoms with E-state index >= 15 is 0 Å². The minimum Gasteiger partial charge on any atom is -0.392 e. The number of nitrogens with two attached hydrogens (primary N) is 1. The van der Waals surface area contributed by atoms with Crippen LogP contribution in [-0.4, -0.2) is 52.9 Å². The Balaban J connectivity index is 2.00. The molecule has 1 unspecified atom stereocenters. The molecule has 1 aromatic rings. The molecule has 1 atom stereocenters. The fraction of sp³-hybridized carbons (Fsp3) is 0.429. The van der Waals surface area contributed by atoms with E-state index in [0.29, 0.717) is 28.7 Å². The maximum absolute atomic E-state index is 12.5. The average Bonchev–Trinajstić information content (AvgIpc) is 2.48. The minimum absolute atomic E-state index is 0.0240. The van der Waals surface area contributed by atoms with Gasteiger partial charge in [0, 0.05) is 35.3 Å². The second-order valence-electron chi connectivity index (χ2n) is 5.04. The lowest BCUT2D eigenvalue weighted by atomic mass is 10.1. The summed E-state index contributed by atoms with van der Waals surface area (Å²) in [5, 5.41) is 0.613. The van der Waals surface area contributed by atoms with Gasteiger partial charge in [-0.1, -0.05) is 23.8 Å². The van der Waals surface area contributed by atoms with Crippen molar-refractivity contribution >= 4 is 57.3 Å². The molecule has 21 heavy (non-hydrogen) atoms. The van der Waals surface area contributed by atoms with E-state index in [-0.39, 0.29) is 11.9 Å². The number of benzene rings is 1. The second-order valence-corrected chi connectivity index (χ2v) is 7.08. The Morgan fingerprint density at radius 3 is 2.52 bits per heavy atom. The molecule has 1 heterocycles. The van der Waals surface area contributed by atoms with E-state index in [1.807, 2.05) is 24.0 Å². The summed E-state index contributed by atoms with van der Waals surface area (Å²) in [6, 6.07) is 5.49. The standard InChI is InChI=1S/C14H17ClIN3OS/c1-9(13(17)21)18-4-6-19(7-5-18)14(20)10-2-3-12(16)11(15)8-10/h2-3,8-9H,4-7H2,1H3,(H2,17,21). The maximum Gasteiger partial charge on any atom is 0.253 e. The highest BCUT2D eigenvalue weighted by atomic mass is 127. The van der Waals surface area contributed by atoms with Gasteiger partial charge in [0.05, 0.1) is 16.1 Å². The van der Waals surface area contributed by atoms with E-state index in [9.17, 15) is 4.79 Å². The van der Waals surface area contributed by atoms with E-state index in [1.54, 1.807) is 6.07 Å². The van der Waals surface area contributed by atoms with Crippen LogP contribution in [-0.2, 0) is 0 Å². The number of piperazine rings is 1. The Labute approximate surface area is 148 Å². The highest BCUT2D eigenvalue weighted by Crippen LogP contribution is 2.21. The summed E-state index contributed by atoms with van der Waals surface area (Å²) in [5.74, 6) is 0.0240. The molecule has 7 heteroatoms. The fourth-order valence-corrected chi connectivity index (χ4v) is 2.97. The molecular formula is C14H17ClIN3OS. The van der Waals surface area contributed by atoms with E-state index in [0.717, 1.165) is 16.7 Å². The van der Waals surface area contributed by atoms with Crippen molar-refractivity contribution in [3.8, 4) is 0 Å². The van der Waals surface area contributed by atoms with Crippen LogP contribution >= 0.6 is 46.4 Å². The molecule has 2 rings (SSSR count). The molecule has 0 bridgehead atoms. The lowest BCUT2D eigenvalue weighted by Gasteiger charge is -2.37. The molecule has 2 N–H and O–H groups in total. The summed E-state index contributed by atoms with van der Waals surface area (Å²) in [6.45, 7) is 4.91. The topological polar surface area (TPSA) is 49.6 Å². The number of rotatable bonds is 3. The van der Waals surface area contributed by atoms with Crippen LogP contribution < -0.4 is 5.73 Å². The highest BCUT2D eigenvalue weighted by molar-refractivity contribution is 14.1. The number of hydrogen-bond donors (Lipinski definition) is 1. The molecule has 1 fully saturated rings. The summed E-state index contributed by atoms with van der Waals surface area (Å²) < 4.78 is 0.945. The predicted octanol–water partition coefficient (Wildman–Crippen LogP) is 2.38. The third-order valence-corrected chi connectivity index (χ3v) is 5.64. The lowest BCUT2D eigenvalue weighted by molar-refractivity contribution is 0.0621. The lowest BCUT2D eigenvalue weighted by Crippen LogP contribution is -2.53. The number of carbonyl (C=O) groups excluding carboxylic acids is 1. The van der Waals surface area contributed by atoms with Gasteiger partial charge in [0.15, 0.2) is 0 Å². The van der Waals surface area contributed by atoms with Gasteiger partial charge in [-0.3, -0.25) is 9.69 Å². The Morgan fingerprint density at radius 2 is 2.00 bits per heavy atom. The van der Waals surface area contributed by atoms with Gasteiger partial charge in [0.1, 0.15) is 0 Å². The molecule has 0 aliphatic carbocycles. The van der Waals surface area contributed by atoms with Gasteiger partial charge >= 0.3 is 0 Å². The van der Waals surface area contributed by atoms with E-state index in [4.69, 9.17) is 29.6 Å². The van der Waals surface area contributed by atoms with Crippen molar-refractivity contribution in [1.82, 2.24) is 9.80 Å². The Kier molecular flexibility index (Phi) is 5.81. The number of thiocarbonyl (C=S) groups is 1. The van der Waals surface area contributed by atoms with Gasteiger partial charge in [-0.2, -0.15) is 0 Å². The first-order chi connectivity index (χ1) is 9.90. The number of nitrogens with zero attached hydrogens (tertiary/aromatic N) is 2. The van der Waals surface area contributed by atoms with Gasteiger partial charge in [0.2, 0.25) is 0 Å². The zero-order chi connectivity index (χ0) is 15.6. The quantitative estimate of drug-likeness (QED) is 0.583. The monoisotopic (exact) mass is 437 g/mol. The Hall–Kier alpha value is -0.440. The largest absolute Gasteiger partial charge is 0.392 e. The second kappa shape index (κ2) is 7.21. The van der Waals surface area contributed by atoms with E-state index < -0.39 is 0 Å². The van der Waals surface area contributed by atoms with Crippen molar-refractivity contribution in [1.29, 1.82) is 0 Å². The first kappa shape index (κ1) is 16.9. The molecule has 1 aliphatic rings. The predicted molar refractivity (Wildman–Crippen MR) is 97.9 cm³/mol.